The third kappa shape index (κ3) is 2.07. The quantitative estimate of drug-likeness (QED) is 0.618. The van der Waals surface area contributed by atoms with Crippen LogP contribution in [-0.2, 0) is 0 Å². The van der Waals surface area contributed by atoms with E-state index in [1.807, 2.05) is 49.4 Å². The highest BCUT2D eigenvalue weighted by atomic mass is 16.5. The summed E-state index contributed by atoms with van der Waals surface area (Å²) in [6.45, 7) is 1.99. The van der Waals surface area contributed by atoms with Gasteiger partial charge in [0.15, 0.2) is 11.5 Å². The number of hydrogen-bond acceptors (Lipinski definition) is 4. The summed E-state index contributed by atoms with van der Waals surface area (Å²) in [6, 6.07) is 13.2. The van der Waals surface area contributed by atoms with Gasteiger partial charge < -0.3 is 9.72 Å². The number of nitrogens with one attached hydrogen (secondary N) is 1. The Balaban J connectivity index is 2.01. The molecule has 0 saturated carbocycles. The molecule has 6 nitrogen and oxygen atoms in total. The van der Waals surface area contributed by atoms with E-state index in [0.29, 0.717) is 11.5 Å². The van der Waals surface area contributed by atoms with Gasteiger partial charge in [-0.1, -0.05) is 12.1 Å². The van der Waals surface area contributed by atoms with Gasteiger partial charge in [-0.05, 0) is 42.8 Å². The number of aromatic amines is 1. The fourth-order valence-electron chi connectivity index (χ4n) is 2.71. The maximum Gasteiger partial charge on any atom is 0.348 e. The maximum atomic E-state index is 12.2. The van der Waals surface area contributed by atoms with Gasteiger partial charge in [0.05, 0.1) is 12.6 Å². The molecule has 0 atom stereocenters. The number of aryl methyl sites for hydroxylation is 1. The van der Waals surface area contributed by atoms with Crippen LogP contribution in [-0.4, -0.2) is 26.7 Å². The van der Waals surface area contributed by atoms with Gasteiger partial charge >= 0.3 is 5.69 Å². The second kappa shape index (κ2) is 4.95. The highest BCUT2D eigenvalue weighted by Crippen LogP contribution is 2.23. The smallest absolute Gasteiger partial charge is 0.348 e. The number of ether oxygens (including phenoxy) is 1. The van der Waals surface area contributed by atoms with Gasteiger partial charge in [0.25, 0.3) is 0 Å². The molecular weight excluding hydrogens is 292 g/mol. The van der Waals surface area contributed by atoms with Crippen LogP contribution >= 0.6 is 0 Å². The Labute approximate surface area is 131 Å². The molecule has 4 aromatic rings. The number of hydrogen-bond donors (Lipinski definition) is 1. The Hall–Kier alpha value is -3.15. The normalized spacial score (nSPS) is 11.2. The number of H-pyrrole nitrogens is 1. The van der Waals surface area contributed by atoms with Crippen molar-refractivity contribution in [3.63, 3.8) is 0 Å². The van der Waals surface area contributed by atoms with E-state index < -0.39 is 0 Å². The van der Waals surface area contributed by atoms with Crippen LogP contribution in [0.25, 0.3) is 27.9 Å². The number of benzene rings is 2. The molecule has 6 heteroatoms. The molecule has 0 aliphatic carbocycles. The third-order valence-corrected chi connectivity index (χ3v) is 3.89. The average molecular weight is 306 g/mol. The lowest BCUT2D eigenvalue weighted by molar-refractivity contribution is 0.415. The molecule has 0 saturated heterocycles. The van der Waals surface area contributed by atoms with Crippen LogP contribution in [0.15, 0.2) is 47.3 Å². The van der Waals surface area contributed by atoms with Crippen molar-refractivity contribution in [2.45, 2.75) is 6.92 Å². The predicted octanol–water partition coefficient (Wildman–Crippen LogP) is 2.55. The second-order valence-electron chi connectivity index (χ2n) is 5.33. The van der Waals surface area contributed by atoms with Crippen molar-refractivity contribution in [3.05, 3.63) is 58.5 Å². The van der Waals surface area contributed by atoms with Crippen molar-refractivity contribution in [2.75, 3.05) is 7.11 Å². The first-order valence-electron chi connectivity index (χ1n) is 7.20. The summed E-state index contributed by atoms with van der Waals surface area (Å²) < 4.78 is 6.47. The molecule has 114 valence electrons. The fraction of sp³-hybridized carbons (Fsp3) is 0.118. The van der Waals surface area contributed by atoms with E-state index in [1.165, 1.54) is 4.52 Å². The molecule has 0 spiro atoms. The van der Waals surface area contributed by atoms with E-state index in [9.17, 15) is 4.79 Å². The molecule has 23 heavy (non-hydrogen) atoms. The van der Waals surface area contributed by atoms with Crippen LogP contribution in [0.4, 0.5) is 0 Å². The zero-order valence-electron chi connectivity index (χ0n) is 12.7. The molecule has 0 radical (unpaired) electrons. The van der Waals surface area contributed by atoms with Crippen LogP contribution in [0.5, 0.6) is 5.75 Å². The second-order valence-corrected chi connectivity index (χ2v) is 5.33. The lowest BCUT2D eigenvalue weighted by atomic mass is 10.1. The average Bonchev–Trinajstić information content (AvgIpc) is 3.01. The number of methoxy groups -OCH3 is 1. The molecule has 2 heterocycles. The standard InChI is InChI=1S/C17H14N4O2/c1-10-4-3-5-13-14(10)16-19-15(20-21(16)17(22)18-13)11-6-8-12(23-2)9-7-11/h3-9H,1-2H3,(H,18,22). The number of nitrogens with zero attached hydrogens (tertiary/aromatic N) is 3. The van der Waals surface area contributed by atoms with Crippen molar-refractivity contribution >= 4 is 16.6 Å². The Kier molecular flexibility index (Phi) is 2.90. The molecular formula is C17H14N4O2. The topological polar surface area (TPSA) is 72.3 Å². The zero-order chi connectivity index (χ0) is 16.0. The minimum atomic E-state index is -0.301. The van der Waals surface area contributed by atoms with Gasteiger partial charge in [0.1, 0.15) is 5.75 Å². The minimum absolute atomic E-state index is 0.301. The number of aromatic nitrogens is 4. The van der Waals surface area contributed by atoms with E-state index >= 15 is 0 Å². The number of rotatable bonds is 2. The highest BCUT2D eigenvalue weighted by Gasteiger charge is 2.13. The summed E-state index contributed by atoms with van der Waals surface area (Å²) in [5, 5.41) is 5.25. The third-order valence-electron chi connectivity index (χ3n) is 3.89. The van der Waals surface area contributed by atoms with E-state index in [4.69, 9.17) is 4.74 Å². The molecule has 0 amide bonds. The molecule has 2 aromatic carbocycles. The Bertz CT molecular complexity index is 1080. The summed E-state index contributed by atoms with van der Waals surface area (Å²) in [5.41, 5.74) is 2.89. The first-order valence-corrected chi connectivity index (χ1v) is 7.20. The van der Waals surface area contributed by atoms with E-state index in [-0.39, 0.29) is 5.69 Å². The fourth-order valence-corrected chi connectivity index (χ4v) is 2.71. The summed E-state index contributed by atoms with van der Waals surface area (Å²) in [5.74, 6) is 1.27. The van der Waals surface area contributed by atoms with Gasteiger partial charge in [-0.3, -0.25) is 0 Å². The summed E-state index contributed by atoms with van der Waals surface area (Å²) >= 11 is 0. The van der Waals surface area contributed by atoms with Gasteiger partial charge in [-0.15, -0.1) is 5.10 Å². The Morgan fingerprint density at radius 2 is 1.91 bits per heavy atom. The van der Waals surface area contributed by atoms with Gasteiger partial charge in [0, 0.05) is 10.9 Å². The van der Waals surface area contributed by atoms with Crippen LogP contribution < -0.4 is 10.4 Å². The van der Waals surface area contributed by atoms with Crippen LogP contribution in [0.1, 0.15) is 5.56 Å². The SMILES string of the molecule is COc1ccc(-c2nc3c4c(C)cccc4[nH]c(=O)n3n2)cc1. The molecule has 4 rings (SSSR count). The maximum absolute atomic E-state index is 12.2. The molecule has 0 unspecified atom stereocenters. The van der Waals surface area contributed by atoms with E-state index in [2.05, 4.69) is 15.1 Å². The molecule has 0 aliphatic heterocycles. The summed E-state index contributed by atoms with van der Waals surface area (Å²) in [6.07, 6.45) is 0. The molecule has 0 fully saturated rings. The zero-order valence-corrected chi connectivity index (χ0v) is 12.7. The number of fused-ring (bicyclic) bond motifs is 3. The molecule has 0 aliphatic rings. The predicted molar refractivity (Wildman–Crippen MR) is 87.8 cm³/mol. The summed E-state index contributed by atoms with van der Waals surface area (Å²) in [4.78, 5) is 19.7. The first-order chi connectivity index (χ1) is 11.2. The van der Waals surface area contributed by atoms with Gasteiger partial charge in [0.2, 0.25) is 0 Å². The van der Waals surface area contributed by atoms with Crippen molar-refractivity contribution in [1.29, 1.82) is 0 Å². The van der Waals surface area contributed by atoms with E-state index in [0.717, 1.165) is 27.8 Å². The van der Waals surface area contributed by atoms with Crippen molar-refractivity contribution in [3.8, 4) is 17.1 Å². The van der Waals surface area contributed by atoms with Gasteiger partial charge in [-0.25, -0.2) is 9.78 Å². The first kappa shape index (κ1) is 13.5. The highest BCUT2D eigenvalue weighted by molar-refractivity contribution is 5.94. The molecule has 2 aromatic heterocycles. The summed E-state index contributed by atoms with van der Waals surface area (Å²) in [7, 11) is 1.62. The monoisotopic (exact) mass is 306 g/mol. The van der Waals surface area contributed by atoms with Crippen molar-refractivity contribution < 1.29 is 4.74 Å². The van der Waals surface area contributed by atoms with Gasteiger partial charge in [-0.2, -0.15) is 4.52 Å². The lowest BCUT2D eigenvalue weighted by Gasteiger charge is -2.01. The molecule has 1 N–H and O–H groups in total. The Morgan fingerprint density at radius 3 is 2.65 bits per heavy atom. The largest absolute Gasteiger partial charge is 0.497 e. The minimum Gasteiger partial charge on any atom is -0.497 e. The van der Waals surface area contributed by atoms with E-state index in [1.54, 1.807) is 7.11 Å². The molecule has 0 bridgehead atoms. The Morgan fingerprint density at radius 1 is 1.13 bits per heavy atom. The van der Waals surface area contributed by atoms with Crippen LogP contribution in [0.3, 0.4) is 0 Å². The van der Waals surface area contributed by atoms with Crippen LogP contribution in [0, 0.1) is 6.92 Å². The van der Waals surface area contributed by atoms with Crippen molar-refractivity contribution in [1.82, 2.24) is 19.6 Å². The lowest BCUT2D eigenvalue weighted by Crippen LogP contribution is -2.17. The van der Waals surface area contributed by atoms with Crippen LogP contribution in [0.2, 0.25) is 0 Å². The van der Waals surface area contributed by atoms with Crippen molar-refractivity contribution in [2.24, 2.45) is 0 Å².